The summed E-state index contributed by atoms with van der Waals surface area (Å²) in [7, 11) is 0. The number of rotatable bonds is 2. The summed E-state index contributed by atoms with van der Waals surface area (Å²) >= 11 is 0. The highest BCUT2D eigenvalue weighted by Crippen LogP contribution is 2.34. The van der Waals surface area contributed by atoms with Crippen LogP contribution in [0.2, 0.25) is 0 Å². The van der Waals surface area contributed by atoms with E-state index >= 15 is 0 Å². The molecule has 4 heterocycles. The van der Waals surface area contributed by atoms with Crippen molar-refractivity contribution in [2.24, 2.45) is 0 Å². The molecule has 4 aromatic heterocycles. The maximum Gasteiger partial charge on any atom is 0.180 e. The fourth-order valence-electron chi connectivity index (χ4n) is 3.25. The van der Waals surface area contributed by atoms with Crippen molar-refractivity contribution in [3.63, 3.8) is 0 Å². The number of nitrogen functional groups attached to an aromatic ring is 1. The van der Waals surface area contributed by atoms with Crippen molar-refractivity contribution in [2.75, 3.05) is 5.73 Å². The first-order valence-corrected chi connectivity index (χ1v) is 8.29. The number of fused-ring (bicyclic) bond motifs is 2. The predicted octanol–water partition coefficient (Wildman–Crippen LogP) is 3.73. The molecule has 0 fully saturated rings. The van der Waals surface area contributed by atoms with Gasteiger partial charge >= 0.3 is 0 Å². The second kappa shape index (κ2) is 5.84. The monoisotopic (exact) mass is 356 g/mol. The average Bonchev–Trinajstić information content (AvgIpc) is 3.18. The van der Waals surface area contributed by atoms with Crippen LogP contribution >= 0.6 is 0 Å². The summed E-state index contributed by atoms with van der Waals surface area (Å²) in [6.07, 6.45) is 7.95. The molecule has 0 saturated heterocycles. The lowest BCUT2D eigenvalue weighted by molar-refractivity contribution is 0.622. The van der Waals surface area contributed by atoms with Gasteiger partial charge in [0.1, 0.15) is 5.82 Å². The molecule has 0 aliphatic heterocycles. The van der Waals surface area contributed by atoms with Crippen molar-refractivity contribution >= 4 is 22.4 Å². The van der Waals surface area contributed by atoms with Crippen LogP contribution in [0.1, 0.15) is 0 Å². The van der Waals surface area contributed by atoms with Crippen LogP contribution in [-0.2, 0) is 0 Å². The lowest BCUT2D eigenvalue weighted by Gasteiger charge is -2.14. The number of hydrogen-bond donors (Lipinski definition) is 1. The molecule has 130 valence electrons. The van der Waals surface area contributed by atoms with Gasteiger partial charge in [0.05, 0.1) is 23.1 Å². The Morgan fingerprint density at radius 1 is 0.963 bits per heavy atom. The smallest absolute Gasteiger partial charge is 0.180 e. The summed E-state index contributed by atoms with van der Waals surface area (Å²) in [5.74, 6) is -0.169. The Balaban J connectivity index is 1.87. The number of nitrogens with two attached hydrogens (primary N) is 1. The summed E-state index contributed by atoms with van der Waals surface area (Å²) < 4.78 is 15.7. The van der Waals surface area contributed by atoms with Gasteiger partial charge in [-0.05, 0) is 24.3 Å². The maximum atomic E-state index is 13.8. The van der Waals surface area contributed by atoms with Crippen LogP contribution in [0.15, 0.2) is 67.4 Å². The maximum absolute atomic E-state index is 13.8. The van der Waals surface area contributed by atoms with Crippen molar-refractivity contribution in [1.29, 1.82) is 0 Å². The van der Waals surface area contributed by atoms with Gasteiger partial charge in [-0.25, -0.2) is 14.4 Å². The molecule has 5 rings (SSSR count). The van der Waals surface area contributed by atoms with Crippen LogP contribution in [0, 0.1) is 5.82 Å². The van der Waals surface area contributed by atoms with E-state index < -0.39 is 5.82 Å². The fourth-order valence-corrected chi connectivity index (χ4v) is 3.25. The molecule has 7 heteroatoms. The molecular weight excluding hydrogens is 343 g/mol. The van der Waals surface area contributed by atoms with Gasteiger partial charge in [-0.1, -0.05) is 12.1 Å². The molecular formula is C20H13FN6. The minimum absolute atomic E-state index is 0.269. The predicted molar refractivity (Wildman–Crippen MR) is 101 cm³/mol. The quantitative estimate of drug-likeness (QED) is 0.521. The van der Waals surface area contributed by atoms with Gasteiger partial charge in [-0.15, -0.1) is 0 Å². The molecule has 0 saturated carbocycles. The standard InChI is InChI=1S/C20H13FN6/c21-15-9-14(10-23-11-15)17-18(27-7-6-25-20(27)19(22)26-17)13-3-4-16-12(8-13)2-1-5-24-16/h1-11H,(H2,22,26). The first-order valence-electron chi connectivity index (χ1n) is 8.29. The van der Waals surface area contributed by atoms with E-state index in [-0.39, 0.29) is 5.82 Å². The van der Waals surface area contributed by atoms with Gasteiger partial charge in [0.2, 0.25) is 0 Å². The molecule has 0 spiro atoms. The Bertz CT molecular complexity index is 1310. The number of nitrogens with zero attached hydrogens (tertiary/aromatic N) is 5. The summed E-state index contributed by atoms with van der Waals surface area (Å²) in [4.78, 5) is 17.1. The Kier molecular flexibility index (Phi) is 3.33. The van der Waals surface area contributed by atoms with Gasteiger partial charge in [0.25, 0.3) is 0 Å². The second-order valence-corrected chi connectivity index (χ2v) is 6.12. The van der Waals surface area contributed by atoms with Gasteiger partial charge in [-0.2, -0.15) is 0 Å². The molecule has 0 amide bonds. The third-order valence-electron chi connectivity index (χ3n) is 4.42. The zero-order chi connectivity index (χ0) is 18.4. The van der Waals surface area contributed by atoms with Crippen molar-refractivity contribution in [3.05, 3.63) is 73.2 Å². The van der Waals surface area contributed by atoms with E-state index in [2.05, 4.69) is 19.9 Å². The van der Waals surface area contributed by atoms with E-state index in [1.165, 1.54) is 6.07 Å². The third-order valence-corrected chi connectivity index (χ3v) is 4.42. The summed E-state index contributed by atoms with van der Waals surface area (Å²) in [6, 6.07) is 11.2. The normalized spacial score (nSPS) is 11.3. The Morgan fingerprint density at radius 3 is 2.78 bits per heavy atom. The zero-order valence-corrected chi connectivity index (χ0v) is 14.0. The summed E-state index contributed by atoms with van der Waals surface area (Å²) in [5.41, 5.74) is 10.3. The Morgan fingerprint density at radius 2 is 1.89 bits per heavy atom. The highest BCUT2D eigenvalue weighted by molar-refractivity contribution is 5.89. The number of aromatic nitrogens is 5. The van der Waals surface area contributed by atoms with Gasteiger partial charge in [0.15, 0.2) is 11.5 Å². The first-order chi connectivity index (χ1) is 13.2. The molecule has 0 aliphatic carbocycles. The summed E-state index contributed by atoms with van der Waals surface area (Å²) in [5, 5.41) is 0.989. The van der Waals surface area contributed by atoms with Crippen molar-refractivity contribution in [2.45, 2.75) is 0 Å². The molecule has 1 aromatic carbocycles. The van der Waals surface area contributed by atoms with E-state index in [4.69, 9.17) is 5.73 Å². The molecule has 0 atom stereocenters. The van der Waals surface area contributed by atoms with Crippen LogP contribution < -0.4 is 5.73 Å². The largest absolute Gasteiger partial charge is 0.381 e. The Labute approximate surface area is 153 Å². The number of halogens is 1. The molecule has 5 aromatic rings. The van der Waals surface area contributed by atoms with Crippen molar-refractivity contribution < 1.29 is 4.39 Å². The van der Waals surface area contributed by atoms with Gasteiger partial charge < -0.3 is 5.73 Å². The summed E-state index contributed by atoms with van der Waals surface area (Å²) in [6.45, 7) is 0. The number of hydrogen-bond acceptors (Lipinski definition) is 5. The highest BCUT2D eigenvalue weighted by atomic mass is 19.1. The molecule has 0 bridgehead atoms. The van der Waals surface area contributed by atoms with Crippen LogP contribution in [0.25, 0.3) is 39.1 Å². The van der Waals surface area contributed by atoms with E-state index in [9.17, 15) is 4.39 Å². The fraction of sp³-hybridized carbons (Fsp3) is 0. The van der Waals surface area contributed by atoms with E-state index in [1.807, 2.05) is 40.9 Å². The van der Waals surface area contributed by atoms with Gasteiger partial charge in [-0.3, -0.25) is 14.4 Å². The molecule has 27 heavy (non-hydrogen) atoms. The zero-order valence-electron chi connectivity index (χ0n) is 14.0. The van der Waals surface area contributed by atoms with Crippen molar-refractivity contribution in [1.82, 2.24) is 24.3 Å². The SMILES string of the molecule is Nc1nc(-c2cncc(F)c2)c(-c2ccc3ncccc3c2)n2ccnc12. The number of pyridine rings is 2. The number of imidazole rings is 1. The van der Waals surface area contributed by atoms with Gasteiger partial charge in [0, 0.05) is 41.3 Å². The molecule has 6 nitrogen and oxygen atoms in total. The first kappa shape index (κ1) is 15.4. The van der Waals surface area contributed by atoms with Crippen LogP contribution in [-0.4, -0.2) is 24.3 Å². The van der Waals surface area contributed by atoms with Crippen LogP contribution in [0.5, 0.6) is 0 Å². The molecule has 0 unspecified atom stereocenters. The van der Waals surface area contributed by atoms with Crippen LogP contribution in [0.3, 0.4) is 0 Å². The van der Waals surface area contributed by atoms with E-state index in [0.29, 0.717) is 16.9 Å². The van der Waals surface area contributed by atoms with E-state index in [1.54, 1.807) is 18.6 Å². The molecule has 0 aliphatic rings. The third kappa shape index (κ3) is 2.48. The topological polar surface area (TPSA) is 82.0 Å². The molecule has 0 radical (unpaired) electrons. The lowest BCUT2D eigenvalue weighted by atomic mass is 10.0. The minimum atomic E-state index is -0.438. The lowest BCUT2D eigenvalue weighted by Crippen LogP contribution is -2.04. The van der Waals surface area contributed by atoms with Crippen molar-refractivity contribution in [3.8, 4) is 22.5 Å². The highest BCUT2D eigenvalue weighted by Gasteiger charge is 2.17. The minimum Gasteiger partial charge on any atom is -0.381 e. The molecule has 2 N–H and O–H groups in total. The average molecular weight is 356 g/mol. The Hall–Kier alpha value is -3.87. The van der Waals surface area contributed by atoms with E-state index in [0.717, 1.165) is 28.4 Å². The number of benzene rings is 1. The number of anilines is 1. The second-order valence-electron chi connectivity index (χ2n) is 6.12. The van der Waals surface area contributed by atoms with Crippen LogP contribution in [0.4, 0.5) is 10.2 Å².